The summed E-state index contributed by atoms with van der Waals surface area (Å²) in [4.78, 5) is 26.3. The van der Waals surface area contributed by atoms with Crippen LogP contribution < -0.4 is 9.64 Å². The highest BCUT2D eigenvalue weighted by Crippen LogP contribution is 2.27. The molecule has 1 fully saturated rings. The fourth-order valence-corrected chi connectivity index (χ4v) is 3.54. The Bertz CT molecular complexity index is 842. The average Bonchev–Trinajstić information content (AvgIpc) is 3.40. The summed E-state index contributed by atoms with van der Waals surface area (Å²) in [5.41, 5.74) is 2.43. The molecule has 0 radical (unpaired) electrons. The van der Waals surface area contributed by atoms with Crippen LogP contribution in [0.25, 0.3) is 0 Å². The Hall–Kier alpha value is -2.86. The zero-order chi connectivity index (χ0) is 19.3. The molecular formula is C22H23NO5. The van der Waals surface area contributed by atoms with Gasteiger partial charge in [0.1, 0.15) is 12.4 Å². The van der Waals surface area contributed by atoms with Crippen LogP contribution in [0, 0.1) is 0 Å². The molecule has 1 amide bonds. The third-order valence-corrected chi connectivity index (χ3v) is 5.06. The van der Waals surface area contributed by atoms with E-state index in [2.05, 4.69) is 0 Å². The number of anilines is 1. The number of ether oxygens (including phenoxy) is 3. The van der Waals surface area contributed by atoms with Gasteiger partial charge in [-0.05, 0) is 55.2 Å². The molecule has 0 N–H and O–H groups in total. The van der Waals surface area contributed by atoms with Crippen molar-refractivity contribution in [1.29, 1.82) is 0 Å². The van der Waals surface area contributed by atoms with Gasteiger partial charge in [0.2, 0.25) is 0 Å². The van der Waals surface area contributed by atoms with Gasteiger partial charge >= 0.3 is 5.97 Å². The van der Waals surface area contributed by atoms with Crippen molar-refractivity contribution >= 4 is 17.6 Å². The first kappa shape index (κ1) is 18.5. The molecule has 1 unspecified atom stereocenters. The Morgan fingerprint density at radius 2 is 1.93 bits per heavy atom. The molecule has 0 saturated carbocycles. The number of benzene rings is 2. The SMILES string of the molecule is O=C(OCC(=O)N1CCc2ccccc21)c1ccc(OCC2CCCO2)cc1. The van der Waals surface area contributed by atoms with E-state index >= 15 is 0 Å². The molecule has 0 aromatic heterocycles. The van der Waals surface area contributed by atoms with Gasteiger partial charge < -0.3 is 19.1 Å². The Labute approximate surface area is 164 Å². The molecule has 0 aliphatic carbocycles. The topological polar surface area (TPSA) is 65.1 Å². The van der Waals surface area contributed by atoms with E-state index in [-0.39, 0.29) is 18.6 Å². The maximum atomic E-state index is 12.4. The number of hydrogen-bond donors (Lipinski definition) is 0. The van der Waals surface area contributed by atoms with Crippen molar-refractivity contribution in [3.8, 4) is 5.75 Å². The molecule has 4 rings (SSSR count). The first-order chi connectivity index (χ1) is 13.7. The van der Waals surface area contributed by atoms with Crippen LogP contribution in [0.2, 0.25) is 0 Å². The zero-order valence-corrected chi connectivity index (χ0v) is 15.6. The normalized spacial score (nSPS) is 18.0. The van der Waals surface area contributed by atoms with Crippen LogP contribution in [-0.2, 0) is 20.7 Å². The molecular weight excluding hydrogens is 358 g/mol. The van der Waals surface area contributed by atoms with Crippen LogP contribution in [0.3, 0.4) is 0 Å². The highest BCUT2D eigenvalue weighted by Gasteiger charge is 2.25. The Morgan fingerprint density at radius 1 is 1.11 bits per heavy atom. The summed E-state index contributed by atoms with van der Waals surface area (Å²) < 4.78 is 16.4. The van der Waals surface area contributed by atoms with Crippen LogP contribution >= 0.6 is 0 Å². The smallest absolute Gasteiger partial charge is 0.338 e. The summed E-state index contributed by atoms with van der Waals surface area (Å²) in [6, 6.07) is 14.5. The number of carbonyl (C=O) groups is 2. The Balaban J connectivity index is 1.27. The Kier molecular flexibility index (Phi) is 5.58. The number of rotatable bonds is 6. The van der Waals surface area contributed by atoms with E-state index in [0.717, 1.165) is 37.1 Å². The number of para-hydroxylation sites is 1. The number of hydrogen-bond acceptors (Lipinski definition) is 5. The van der Waals surface area contributed by atoms with Gasteiger partial charge in [0.25, 0.3) is 5.91 Å². The first-order valence-corrected chi connectivity index (χ1v) is 9.60. The zero-order valence-electron chi connectivity index (χ0n) is 15.6. The summed E-state index contributed by atoms with van der Waals surface area (Å²) in [7, 11) is 0. The van der Waals surface area contributed by atoms with E-state index in [4.69, 9.17) is 14.2 Å². The van der Waals surface area contributed by atoms with E-state index < -0.39 is 5.97 Å². The third-order valence-electron chi connectivity index (χ3n) is 5.06. The molecule has 0 bridgehead atoms. The maximum Gasteiger partial charge on any atom is 0.338 e. The minimum absolute atomic E-state index is 0.145. The second-order valence-electron chi connectivity index (χ2n) is 6.97. The van der Waals surface area contributed by atoms with Gasteiger partial charge in [-0.25, -0.2) is 4.79 Å². The minimum atomic E-state index is -0.522. The second kappa shape index (κ2) is 8.44. The molecule has 146 valence electrons. The van der Waals surface area contributed by atoms with Crippen molar-refractivity contribution in [2.45, 2.75) is 25.4 Å². The van der Waals surface area contributed by atoms with Crippen LogP contribution in [0.4, 0.5) is 5.69 Å². The van der Waals surface area contributed by atoms with Crippen molar-refractivity contribution in [2.75, 3.05) is 31.3 Å². The van der Waals surface area contributed by atoms with Gasteiger partial charge in [-0.2, -0.15) is 0 Å². The van der Waals surface area contributed by atoms with Crippen LogP contribution in [0.1, 0.15) is 28.8 Å². The number of carbonyl (C=O) groups excluding carboxylic acids is 2. The third kappa shape index (κ3) is 4.17. The molecule has 2 heterocycles. The van der Waals surface area contributed by atoms with Gasteiger partial charge in [-0.1, -0.05) is 18.2 Å². The van der Waals surface area contributed by atoms with Gasteiger partial charge in [0, 0.05) is 18.8 Å². The van der Waals surface area contributed by atoms with Gasteiger partial charge in [0.15, 0.2) is 6.61 Å². The van der Waals surface area contributed by atoms with Crippen molar-refractivity contribution < 1.29 is 23.8 Å². The number of esters is 1. The minimum Gasteiger partial charge on any atom is -0.491 e. The number of fused-ring (bicyclic) bond motifs is 1. The summed E-state index contributed by atoms with van der Waals surface area (Å²) in [6.07, 6.45) is 3.05. The summed E-state index contributed by atoms with van der Waals surface area (Å²) >= 11 is 0. The fourth-order valence-electron chi connectivity index (χ4n) is 3.54. The van der Waals surface area contributed by atoms with E-state index in [1.807, 2.05) is 24.3 Å². The van der Waals surface area contributed by atoms with Crippen LogP contribution in [0.5, 0.6) is 5.75 Å². The average molecular weight is 381 g/mol. The quantitative estimate of drug-likeness (QED) is 0.720. The maximum absolute atomic E-state index is 12.4. The van der Waals surface area contributed by atoms with Crippen molar-refractivity contribution in [1.82, 2.24) is 0 Å². The van der Waals surface area contributed by atoms with Gasteiger partial charge in [0.05, 0.1) is 11.7 Å². The lowest BCUT2D eigenvalue weighted by molar-refractivity contribution is -0.121. The molecule has 2 aromatic carbocycles. The van der Waals surface area contributed by atoms with Gasteiger partial charge in [-0.3, -0.25) is 4.79 Å². The van der Waals surface area contributed by atoms with Crippen LogP contribution in [0.15, 0.2) is 48.5 Å². The molecule has 1 atom stereocenters. The molecule has 2 aliphatic rings. The van der Waals surface area contributed by atoms with E-state index in [0.29, 0.717) is 24.5 Å². The largest absolute Gasteiger partial charge is 0.491 e. The predicted molar refractivity (Wildman–Crippen MR) is 104 cm³/mol. The van der Waals surface area contributed by atoms with E-state index in [1.165, 1.54) is 0 Å². The summed E-state index contributed by atoms with van der Waals surface area (Å²) in [5, 5.41) is 0. The lowest BCUT2D eigenvalue weighted by Crippen LogP contribution is -2.33. The van der Waals surface area contributed by atoms with E-state index in [9.17, 15) is 9.59 Å². The molecule has 28 heavy (non-hydrogen) atoms. The standard InChI is InChI=1S/C22H23NO5/c24-21(23-12-11-16-4-1-2-6-20(16)23)15-28-22(25)17-7-9-18(10-8-17)27-14-19-5-3-13-26-19/h1-2,4,6-10,19H,3,5,11-15H2. The Morgan fingerprint density at radius 3 is 2.71 bits per heavy atom. The fraction of sp³-hybridized carbons (Fsp3) is 0.364. The predicted octanol–water partition coefficient (Wildman–Crippen LogP) is 2.99. The van der Waals surface area contributed by atoms with Crippen molar-refractivity contribution in [3.05, 3.63) is 59.7 Å². The summed E-state index contributed by atoms with van der Waals surface area (Å²) in [6.45, 7) is 1.65. The van der Waals surface area contributed by atoms with Gasteiger partial charge in [-0.15, -0.1) is 0 Å². The van der Waals surface area contributed by atoms with Crippen LogP contribution in [-0.4, -0.2) is 44.3 Å². The monoisotopic (exact) mass is 381 g/mol. The number of amides is 1. The summed E-state index contributed by atoms with van der Waals surface area (Å²) in [5.74, 6) is -0.0573. The lowest BCUT2D eigenvalue weighted by atomic mass is 10.2. The molecule has 2 aliphatic heterocycles. The lowest BCUT2D eigenvalue weighted by Gasteiger charge is -2.17. The van der Waals surface area contributed by atoms with Crippen molar-refractivity contribution in [3.63, 3.8) is 0 Å². The van der Waals surface area contributed by atoms with E-state index in [1.54, 1.807) is 29.2 Å². The molecule has 6 heteroatoms. The highest BCUT2D eigenvalue weighted by molar-refractivity contribution is 5.98. The first-order valence-electron chi connectivity index (χ1n) is 9.60. The molecule has 6 nitrogen and oxygen atoms in total. The number of nitrogens with zero attached hydrogens (tertiary/aromatic N) is 1. The van der Waals surface area contributed by atoms with Crippen molar-refractivity contribution in [2.24, 2.45) is 0 Å². The molecule has 0 spiro atoms. The second-order valence-corrected chi connectivity index (χ2v) is 6.97. The molecule has 2 aromatic rings. The molecule has 1 saturated heterocycles. The highest BCUT2D eigenvalue weighted by atomic mass is 16.5.